The molecule has 0 unspecified atom stereocenters. The van der Waals surface area contributed by atoms with E-state index in [2.05, 4.69) is 116 Å². The molecule has 1 radical (unpaired) electrons. The van der Waals surface area contributed by atoms with Gasteiger partial charge in [0.25, 0.3) is 0 Å². The summed E-state index contributed by atoms with van der Waals surface area (Å²) >= 11 is 0. The fourth-order valence-electron chi connectivity index (χ4n) is 5.72. The second-order valence-electron chi connectivity index (χ2n) is 13.8. The van der Waals surface area contributed by atoms with E-state index in [1.807, 2.05) is 54.6 Å². The predicted octanol–water partition coefficient (Wildman–Crippen LogP) is 10.7. The van der Waals surface area contributed by atoms with Gasteiger partial charge in [-0.1, -0.05) is 78.8 Å². The number of imidazole rings is 1. The van der Waals surface area contributed by atoms with Crippen LogP contribution < -0.4 is 0 Å². The summed E-state index contributed by atoms with van der Waals surface area (Å²) in [7, 11) is 0. The van der Waals surface area contributed by atoms with Gasteiger partial charge in [0.05, 0.1) is 23.4 Å². The Kier molecular flexibility index (Phi) is 12.2. The Morgan fingerprint density at radius 3 is 1.90 bits per heavy atom. The molecule has 247 valence electrons. The van der Waals surface area contributed by atoms with Gasteiger partial charge in [0.15, 0.2) is 5.69 Å². The number of fused-ring (bicyclic) bond motifs is 1. The standard InChI is InChI=1S/C28H28N3.C14H15N2.Ir/c1-19(2)15-22-17-24(29-5)18-23(16-20(3)4)27(22)31-26-14-10-9-13-25(26)30-28(31)21-11-7-6-8-12-21;1-14(2,3)13-9-12(15-10-16-13)11-7-5-4-6-8-11;/h6-11,13-14,17-20H,15-16H2,1-4H3;4-7,9-10H,1-3H3;/q2*-1;. The molecule has 0 N–H and O–H groups in total. The van der Waals surface area contributed by atoms with Gasteiger partial charge in [0, 0.05) is 36.9 Å². The first-order valence-corrected chi connectivity index (χ1v) is 16.3. The van der Waals surface area contributed by atoms with E-state index in [9.17, 15) is 0 Å². The summed E-state index contributed by atoms with van der Waals surface area (Å²) in [4.78, 5) is 17.4. The van der Waals surface area contributed by atoms with Gasteiger partial charge in [0.2, 0.25) is 0 Å². The minimum atomic E-state index is 0. The molecule has 0 aliphatic carbocycles. The van der Waals surface area contributed by atoms with Crippen molar-refractivity contribution in [1.29, 1.82) is 0 Å². The van der Waals surface area contributed by atoms with Crippen LogP contribution in [-0.2, 0) is 38.4 Å². The summed E-state index contributed by atoms with van der Waals surface area (Å²) < 4.78 is 2.30. The molecule has 6 aromatic rings. The van der Waals surface area contributed by atoms with Crippen molar-refractivity contribution in [3.05, 3.63) is 138 Å². The van der Waals surface area contributed by atoms with E-state index >= 15 is 0 Å². The largest absolute Gasteiger partial charge is 0.333 e. The van der Waals surface area contributed by atoms with Crippen molar-refractivity contribution in [3.8, 4) is 28.3 Å². The summed E-state index contributed by atoms with van der Waals surface area (Å²) in [5.41, 5.74) is 10.4. The van der Waals surface area contributed by atoms with E-state index < -0.39 is 0 Å². The molecule has 0 atom stereocenters. The number of para-hydroxylation sites is 2. The molecule has 2 aromatic heterocycles. The van der Waals surface area contributed by atoms with Crippen molar-refractivity contribution in [2.75, 3.05) is 0 Å². The second kappa shape index (κ2) is 16.1. The third-order valence-corrected chi connectivity index (χ3v) is 7.79. The summed E-state index contributed by atoms with van der Waals surface area (Å²) in [5.74, 6) is 1.86. The van der Waals surface area contributed by atoms with Crippen molar-refractivity contribution < 1.29 is 20.1 Å². The summed E-state index contributed by atoms with van der Waals surface area (Å²) in [5, 5.41) is 0. The first-order valence-electron chi connectivity index (χ1n) is 16.3. The fourth-order valence-corrected chi connectivity index (χ4v) is 5.72. The molecule has 0 fully saturated rings. The van der Waals surface area contributed by atoms with Gasteiger partial charge in [-0.15, -0.1) is 71.8 Å². The Hall–Kier alpha value is -4.43. The average molecular weight is 810 g/mol. The van der Waals surface area contributed by atoms with Gasteiger partial charge in [-0.25, -0.2) is 9.83 Å². The van der Waals surface area contributed by atoms with Crippen LogP contribution in [0.15, 0.2) is 97.3 Å². The van der Waals surface area contributed by atoms with Crippen molar-refractivity contribution >= 4 is 16.7 Å². The zero-order valence-corrected chi connectivity index (χ0v) is 31.3. The number of nitrogens with zero attached hydrogens (tertiary/aromatic N) is 5. The van der Waals surface area contributed by atoms with Crippen LogP contribution in [0.1, 0.15) is 65.3 Å². The maximum atomic E-state index is 7.66. The van der Waals surface area contributed by atoms with Crippen LogP contribution in [0.4, 0.5) is 5.69 Å². The number of aromatic nitrogens is 4. The first kappa shape index (κ1) is 36.4. The van der Waals surface area contributed by atoms with Crippen LogP contribution >= 0.6 is 0 Å². The van der Waals surface area contributed by atoms with Crippen LogP contribution in [0, 0.1) is 30.5 Å². The molecular formula is C42H43IrN5-2. The van der Waals surface area contributed by atoms with Crippen molar-refractivity contribution in [3.63, 3.8) is 0 Å². The third kappa shape index (κ3) is 8.72. The molecular weight excluding hydrogens is 767 g/mol. The molecule has 0 bridgehead atoms. The zero-order valence-electron chi connectivity index (χ0n) is 28.9. The third-order valence-electron chi connectivity index (χ3n) is 7.79. The number of hydrogen-bond donors (Lipinski definition) is 0. The quantitative estimate of drug-likeness (QED) is 0.151. The van der Waals surface area contributed by atoms with Crippen LogP contribution in [0.25, 0.3) is 44.2 Å². The molecule has 6 heteroatoms. The SMILES string of the molecule is CC(C)(C)c1cc(-c2[c-]cccc2)ncn1.[C-]#[N+]c1cc(CC(C)C)c(-n2c(-c3[c-]cccc3)nc3ccccc32)c(CC(C)C)c1.[Ir]. The van der Waals surface area contributed by atoms with Crippen molar-refractivity contribution in [1.82, 2.24) is 19.5 Å². The molecule has 2 heterocycles. The van der Waals surface area contributed by atoms with Gasteiger partial charge < -0.3 is 4.57 Å². The van der Waals surface area contributed by atoms with E-state index in [0.717, 1.165) is 52.2 Å². The molecule has 0 aliphatic heterocycles. The number of benzene rings is 4. The molecule has 0 aliphatic rings. The minimum Gasteiger partial charge on any atom is -0.333 e. The van der Waals surface area contributed by atoms with E-state index in [1.165, 1.54) is 16.8 Å². The molecule has 0 amide bonds. The van der Waals surface area contributed by atoms with E-state index in [4.69, 9.17) is 11.6 Å². The Morgan fingerprint density at radius 2 is 1.35 bits per heavy atom. The maximum Gasteiger partial charge on any atom is 0.187 e. The molecule has 6 rings (SSSR count). The Bertz CT molecular complexity index is 1950. The van der Waals surface area contributed by atoms with Gasteiger partial charge in [0.1, 0.15) is 6.33 Å². The van der Waals surface area contributed by atoms with E-state index in [1.54, 1.807) is 6.33 Å². The Morgan fingerprint density at radius 1 is 0.771 bits per heavy atom. The summed E-state index contributed by atoms with van der Waals surface area (Å²) in [6, 6.07) is 36.9. The minimum absolute atomic E-state index is 0. The van der Waals surface area contributed by atoms with Crippen LogP contribution in [0.3, 0.4) is 0 Å². The van der Waals surface area contributed by atoms with Gasteiger partial charge >= 0.3 is 0 Å². The van der Waals surface area contributed by atoms with Gasteiger partial charge in [-0.3, -0.25) is 9.97 Å². The zero-order chi connectivity index (χ0) is 33.6. The van der Waals surface area contributed by atoms with E-state index in [-0.39, 0.29) is 25.5 Å². The second-order valence-corrected chi connectivity index (χ2v) is 13.8. The Labute approximate surface area is 299 Å². The fraction of sp³-hybridized carbons (Fsp3) is 0.286. The monoisotopic (exact) mass is 810 g/mol. The maximum absolute atomic E-state index is 7.66. The van der Waals surface area contributed by atoms with Crippen molar-refractivity contribution in [2.24, 2.45) is 11.8 Å². The number of hydrogen-bond acceptors (Lipinski definition) is 3. The van der Waals surface area contributed by atoms with Crippen LogP contribution in [0.2, 0.25) is 0 Å². The smallest absolute Gasteiger partial charge is 0.187 e. The summed E-state index contributed by atoms with van der Waals surface area (Å²) in [6.45, 7) is 23.0. The molecule has 0 saturated heterocycles. The molecule has 48 heavy (non-hydrogen) atoms. The predicted molar refractivity (Wildman–Crippen MR) is 194 cm³/mol. The first-order chi connectivity index (χ1) is 22.5. The molecule has 0 saturated carbocycles. The average Bonchev–Trinajstić information content (AvgIpc) is 3.44. The van der Waals surface area contributed by atoms with E-state index in [0.29, 0.717) is 17.5 Å². The molecule has 4 aromatic carbocycles. The van der Waals surface area contributed by atoms with Gasteiger partial charge in [-0.2, -0.15) is 0 Å². The normalized spacial score (nSPS) is 11.2. The molecule has 5 nitrogen and oxygen atoms in total. The van der Waals surface area contributed by atoms with Crippen LogP contribution in [0.5, 0.6) is 0 Å². The topological polar surface area (TPSA) is 48.0 Å². The Balaban J connectivity index is 0.000000258. The summed E-state index contributed by atoms with van der Waals surface area (Å²) in [6.07, 6.45) is 3.44. The number of rotatable bonds is 7. The molecule has 0 spiro atoms. The van der Waals surface area contributed by atoms with Crippen LogP contribution in [-0.4, -0.2) is 19.5 Å². The van der Waals surface area contributed by atoms with Crippen molar-refractivity contribution in [2.45, 2.75) is 66.7 Å². The van der Waals surface area contributed by atoms with Gasteiger partial charge in [-0.05, 0) is 53.6 Å².